The molecule has 0 saturated heterocycles. The van der Waals surface area contributed by atoms with E-state index in [4.69, 9.17) is 5.11 Å². The number of carboxylic acids is 1. The molecule has 6 heteroatoms. The molecule has 0 radical (unpaired) electrons. The van der Waals surface area contributed by atoms with E-state index in [-0.39, 0.29) is 18.0 Å². The molecule has 0 atom stereocenters. The van der Waals surface area contributed by atoms with Crippen LogP contribution in [0.5, 0.6) is 0 Å². The Morgan fingerprint density at radius 3 is 2.80 bits per heavy atom. The molecular weight excluding hydrogens is 198 g/mol. The molecular formula is C9H7N3O3. The monoisotopic (exact) mass is 205 g/mol. The van der Waals surface area contributed by atoms with Gasteiger partial charge in [0.15, 0.2) is 11.5 Å². The Morgan fingerprint density at radius 2 is 2.27 bits per heavy atom. The van der Waals surface area contributed by atoms with Crippen LogP contribution in [0.2, 0.25) is 0 Å². The Kier molecular flexibility index (Phi) is 2.17. The summed E-state index contributed by atoms with van der Waals surface area (Å²) < 4.78 is 0. The lowest BCUT2D eigenvalue weighted by Crippen LogP contribution is -2.20. The fourth-order valence-corrected chi connectivity index (χ4v) is 1.21. The van der Waals surface area contributed by atoms with E-state index in [2.05, 4.69) is 10.1 Å². The minimum Gasteiger partial charge on any atom is -0.477 e. The quantitative estimate of drug-likeness (QED) is 0.750. The zero-order valence-corrected chi connectivity index (χ0v) is 7.62. The standard InChI is InChI=1S/C9H7N3O3/c13-8-5-6(9(14)15)11-12(8)7-3-1-2-4-10-7/h1-4H,5H2,(H,14,15). The fraction of sp³-hybridized carbons (Fsp3) is 0.111. The van der Waals surface area contributed by atoms with Gasteiger partial charge in [-0.1, -0.05) is 6.07 Å². The number of aliphatic carboxylic acids is 1. The first-order valence-corrected chi connectivity index (χ1v) is 4.23. The third kappa shape index (κ3) is 1.69. The molecule has 0 spiro atoms. The van der Waals surface area contributed by atoms with Crippen LogP contribution in [0.1, 0.15) is 6.42 Å². The van der Waals surface area contributed by atoms with E-state index in [9.17, 15) is 9.59 Å². The van der Waals surface area contributed by atoms with E-state index >= 15 is 0 Å². The normalized spacial score (nSPS) is 15.3. The first kappa shape index (κ1) is 9.32. The Labute approximate surface area is 84.8 Å². The van der Waals surface area contributed by atoms with Crippen molar-refractivity contribution in [1.29, 1.82) is 0 Å². The number of hydrazone groups is 1. The SMILES string of the molecule is O=C(O)C1=NN(c2ccccn2)C(=O)C1. The van der Waals surface area contributed by atoms with Crippen LogP contribution in [0.25, 0.3) is 0 Å². The number of rotatable bonds is 2. The number of amides is 1. The van der Waals surface area contributed by atoms with E-state index in [0.717, 1.165) is 5.01 Å². The Balaban J connectivity index is 2.32. The van der Waals surface area contributed by atoms with Crippen LogP contribution < -0.4 is 5.01 Å². The van der Waals surface area contributed by atoms with Crippen molar-refractivity contribution < 1.29 is 14.7 Å². The summed E-state index contributed by atoms with van der Waals surface area (Å²) in [6.07, 6.45) is 1.32. The van der Waals surface area contributed by atoms with E-state index in [1.54, 1.807) is 18.2 Å². The second-order valence-electron chi connectivity index (χ2n) is 2.92. The molecule has 1 aromatic heterocycles. The molecule has 2 rings (SSSR count). The second kappa shape index (κ2) is 3.49. The number of carboxylic acid groups (broad SMARTS) is 1. The molecule has 0 unspecified atom stereocenters. The number of hydrogen-bond donors (Lipinski definition) is 1. The highest BCUT2D eigenvalue weighted by molar-refractivity contribution is 6.42. The van der Waals surface area contributed by atoms with Gasteiger partial charge in [0.2, 0.25) is 0 Å². The lowest BCUT2D eigenvalue weighted by molar-refractivity contribution is -0.129. The first-order chi connectivity index (χ1) is 7.18. The summed E-state index contributed by atoms with van der Waals surface area (Å²) in [5, 5.41) is 13.3. The van der Waals surface area contributed by atoms with Crippen LogP contribution in [-0.2, 0) is 9.59 Å². The van der Waals surface area contributed by atoms with Crippen LogP contribution >= 0.6 is 0 Å². The molecule has 1 aromatic rings. The van der Waals surface area contributed by atoms with Gasteiger partial charge in [0.25, 0.3) is 5.91 Å². The zero-order chi connectivity index (χ0) is 10.8. The number of aromatic nitrogens is 1. The molecule has 1 aliphatic heterocycles. The van der Waals surface area contributed by atoms with Gasteiger partial charge in [0.1, 0.15) is 0 Å². The molecule has 15 heavy (non-hydrogen) atoms. The molecule has 0 fully saturated rings. The predicted molar refractivity (Wildman–Crippen MR) is 51.4 cm³/mol. The molecule has 0 bridgehead atoms. The van der Waals surface area contributed by atoms with Crippen LogP contribution in [0, 0.1) is 0 Å². The van der Waals surface area contributed by atoms with E-state index < -0.39 is 5.97 Å². The van der Waals surface area contributed by atoms with Crippen molar-refractivity contribution in [3.8, 4) is 0 Å². The van der Waals surface area contributed by atoms with Crippen LogP contribution in [0.3, 0.4) is 0 Å². The summed E-state index contributed by atoms with van der Waals surface area (Å²) in [6.45, 7) is 0. The molecule has 2 heterocycles. The molecule has 1 amide bonds. The van der Waals surface area contributed by atoms with Crippen molar-refractivity contribution in [3.63, 3.8) is 0 Å². The smallest absolute Gasteiger partial charge is 0.352 e. The Bertz CT molecular complexity index is 441. The maximum absolute atomic E-state index is 11.4. The molecule has 6 nitrogen and oxygen atoms in total. The van der Waals surface area contributed by atoms with Crippen LogP contribution in [0.15, 0.2) is 29.5 Å². The maximum Gasteiger partial charge on any atom is 0.352 e. The topological polar surface area (TPSA) is 82.9 Å². The first-order valence-electron chi connectivity index (χ1n) is 4.23. The summed E-state index contributed by atoms with van der Waals surface area (Å²) in [6, 6.07) is 4.99. The van der Waals surface area contributed by atoms with Crippen molar-refractivity contribution >= 4 is 23.4 Å². The third-order valence-corrected chi connectivity index (χ3v) is 1.89. The van der Waals surface area contributed by atoms with E-state index in [1.807, 2.05) is 0 Å². The molecule has 76 valence electrons. The minimum absolute atomic E-state index is 0.161. The number of carbonyl (C=O) groups is 2. The lowest BCUT2D eigenvalue weighted by Gasteiger charge is -2.08. The maximum atomic E-state index is 11.4. The highest BCUT2D eigenvalue weighted by Crippen LogP contribution is 2.17. The average molecular weight is 205 g/mol. The predicted octanol–water partition coefficient (Wildman–Crippen LogP) is 0.259. The van der Waals surface area contributed by atoms with Crippen molar-refractivity contribution in [3.05, 3.63) is 24.4 Å². The van der Waals surface area contributed by atoms with Gasteiger partial charge in [-0.15, -0.1) is 0 Å². The largest absolute Gasteiger partial charge is 0.477 e. The molecule has 1 N–H and O–H groups in total. The lowest BCUT2D eigenvalue weighted by atomic mass is 10.3. The number of nitrogens with zero attached hydrogens (tertiary/aromatic N) is 3. The summed E-state index contributed by atoms with van der Waals surface area (Å²) >= 11 is 0. The fourth-order valence-electron chi connectivity index (χ4n) is 1.21. The Hall–Kier alpha value is -2.24. The molecule has 0 aliphatic carbocycles. The number of pyridine rings is 1. The van der Waals surface area contributed by atoms with Gasteiger partial charge in [-0.2, -0.15) is 10.1 Å². The van der Waals surface area contributed by atoms with Gasteiger partial charge in [-0.3, -0.25) is 4.79 Å². The summed E-state index contributed by atoms with van der Waals surface area (Å²) in [5.41, 5.74) is -0.161. The number of hydrogen-bond acceptors (Lipinski definition) is 4. The minimum atomic E-state index is -1.18. The number of anilines is 1. The number of carbonyl (C=O) groups excluding carboxylic acids is 1. The Morgan fingerprint density at radius 1 is 1.47 bits per heavy atom. The van der Waals surface area contributed by atoms with Gasteiger partial charge < -0.3 is 5.11 Å². The van der Waals surface area contributed by atoms with Crippen molar-refractivity contribution in [2.45, 2.75) is 6.42 Å². The van der Waals surface area contributed by atoms with Crippen molar-refractivity contribution in [2.24, 2.45) is 5.10 Å². The second-order valence-corrected chi connectivity index (χ2v) is 2.92. The van der Waals surface area contributed by atoms with Crippen molar-refractivity contribution in [1.82, 2.24) is 4.98 Å². The molecule has 0 saturated carbocycles. The van der Waals surface area contributed by atoms with Gasteiger partial charge in [-0.25, -0.2) is 9.78 Å². The summed E-state index contributed by atoms with van der Waals surface area (Å²) in [4.78, 5) is 25.9. The average Bonchev–Trinajstić information content (AvgIpc) is 2.62. The highest BCUT2D eigenvalue weighted by Gasteiger charge is 2.29. The zero-order valence-electron chi connectivity index (χ0n) is 7.62. The molecule has 1 aliphatic rings. The summed E-state index contributed by atoms with van der Waals surface area (Å²) in [7, 11) is 0. The highest BCUT2D eigenvalue weighted by atomic mass is 16.4. The van der Waals surface area contributed by atoms with Crippen molar-refractivity contribution in [2.75, 3.05) is 5.01 Å². The van der Waals surface area contributed by atoms with Crippen LogP contribution in [0.4, 0.5) is 5.82 Å². The van der Waals surface area contributed by atoms with Gasteiger partial charge in [0, 0.05) is 6.20 Å². The van der Waals surface area contributed by atoms with Gasteiger partial charge in [-0.05, 0) is 12.1 Å². The molecule has 0 aromatic carbocycles. The van der Waals surface area contributed by atoms with Gasteiger partial charge >= 0.3 is 5.97 Å². The van der Waals surface area contributed by atoms with Crippen LogP contribution in [-0.4, -0.2) is 27.7 Å². The summed E-state index contributed by atoms with van der Waals surface area (Å²) in [5.74, 6) is -1.23. The van der Waals surface area contributed by atoms with E-state index in [1.165, 1.54) is 6.20 Å². The van der Waals surface area contributed by atoms with E-state index in [0.29, 0.717) is 5.82 Å². The van der Waals surface area contributed by atoms with Gasteiger partial charge in [0.05, 0.1) is 6.42 Å². The third-order valence-electron chi connectivity index (χ3n) is 1.89.